The molecule has 2 N–H and O–H groups in total. The van der Waals surface area contributed by atoms with Crippen molar-refractivity contribution in [1.29, 1.82) is 0 Å². The summed E-state index contributed by atoms with van der Waals surface area (Å²) in [5.74, 6) is -1.16. The first-order chi connectivity index (χ1) is 15.8. The van der Waals surface area contributed by atoms with Gasteiger partial charge < -0.3 is 15.2 Å². The number of hydrogen-bond acceptors (Lipinski definition) is 5. The summed E-state index contributed by atoms with van der Waals surface area (Å²) in [6, 6.07) is 12.1. The van der Waals surface area contributed by atoms with Crippen LogP contribution in [0.4, 0.5) is 5.69 Å². The zero-order valence-electron chi connectivity index (χ0n) is 17.3. The first-order valence-electron chi connectivity index (χ1n) is 9.78. The summed E-state index contributed by atoms with van der Waals surface area (Å²) >= 11 is 11.3. The molecule has 3 aromatic rings. The zero-order chi connectivity index (χ0) is 23.7. The van der Waals surface area contributed by atoms with Crippen LogP contribution in [0.3, 0.4) is 0 Å². The van der Waals surface area contributed by atoms with Crippen LogP contribution in [0.15, 0.2) is 57.3 Å². The number of nitrogens with zero attached hydrogens (tertiary/aromatic N) is 2. The molecule has 2 heterocycles. The SMILES string of the molecule is COc1ccccc1C=C1CCn2c1nc1cc(NC(=O)C(Cl)=C(Cl)C(=O)O)ccc1c2=O. The number of rotatable bonds is 5. The van der Waals surface area contributed by atoms with E-state index < -0.39 is 21.9 Å². The zero-order valence-corrected chi connectivity index (χ0v) is 18.8. The molecular formula is C23H17Cl2N3O5. The largest absolute Gasteiger partial charge is 0.496 e. The third kappa shape index (κ3) is 4.35. The highest BCUT2D eigenvalue weighted by molar-refractivity contribution is 6.54. The topological polar surface area (TPSA) is 111 Å². The number of amides is 1. The molecule has 4 rings (SSSR count). The van der Waals surface area contributed by atoms with E-state index in [4.69, 9.17) is 33.0 Å². The van der Waals surface area contributed by atoms with Crippen LogP contribution in [-0.2, 0) is 16.1 Å². The number of carboxylic acids is 1. The van der Waals surface area contributed by atoms with E-state index in [9.17, 15) is 14.4 Å². The average Bonchev–Trinajstić information content (AvgIpc) is 3.21. The second kappa shape index (κ2) is 9.09. The first kappa shape index (κ1) is 22.6. The maximum atomic E-state index is 13.0. The van der Waals surface area contributed by atoms with Gasteiger partial charge in [-0.25, -0.2) is 9.78 Å². The average molecular weight is 486 g/mol. The van der Waals surface area contributed by atoms with E-state index in [0.29, 0.717) is 35.4 Å². The maximum absolute atomic E-state index is 13.0. The third-order valence-electron chi connectivity index (χ3n) is 5.15. The Hall–Kier alpha value is -3.62. The smallest absolute Gasteiger partial charge is 0.349 e. The lowest BCUT2D eigenvalue weighted by molar-refractivity contribution is -0.132. The predicted octanol–water partition coefficient (Wildman–Crippen LogP) is 4.06. The molecule has 0 radical (unpaired) electrons. The van der Waals surface area contributed by atoms with Gasteiger partial charge in [0.15, 0.2) is 0 Å². The molecule has 10 heteroatoms. The van der Waals surface area contributed by atoms with Crippen molar-refractivity contribution in [2.75, 3.05) is 12.4 Å². The van der Waals surface area contributed by atoms with E-state index in [1.165, 1.54) is 12.1 Å². The molecule has 1 aliphatic heterocycles. The summed E-state index contributed by atoms with van der Waals surface area (Å²) in [6.07, 6.45) is 2.58. The van der Waals surface area contributed by atoms with Crippen LogP contribution in [0, 0.1) is 0 Å². The normalized spacial score (nSPS) is 14.7. The van der Waals surface area contributed by atoms with Crippen LogP contribution < -0.4 is 15.6 Å². The standard InChI is InChI=1S/C23H17Cl2N3O5/c1-33-17-5-3-2-4-12(17)10-13-8-9-28-20(13)27-16-11-14(6-7-15(16)22(28)30)26-21(29)18(24)19(25)23(31)32/h2-7,10-11H,8-9H2,1H3,(H,26,29)(H,31,32). The van der Waals surface area contributed by atoms with Gasteiger partial charge >= 0.3 is 5.97 Å². The molecule has 0 saturated carbocycles. The number of para-hydroxylation sites is 1. The minimum atomic E-state index is -1.52. The van der Waals surface area contributed by atoms with Crippen molar-refractivity contribution >= 4 is 63.3 Å². The number of carbonyl (C=O) groups excluding carboxylic acids is 1. The summed E-state index contributed by atoms with van der Waals surface area (Å²) in [5, 5.41) is 10.3. The minimum absolute atomic E-state index is 0.192. The number of carbonyl (C=O) groups is 2. The Morgan fingerprint density at radius 1 is 1.18 bits per heavy atom. The second-order valence-corrected chi connectivity index (χ2v) is 7.93. The summed E-state index contributed by atoms with van der Waals surface area (Å²) in [6.45, 7) is 0.505. The van der Waals surface area contributed by atoms with Crippen LogP contribution in [0.1, 0.15) is 17.8 Å². The molecule has 1 amide bonds. The molecule has 0 aliphatic carbocycles. The van der Waals surface area contributed by atoms with Crippen molar-refractivity contribution in [2.45, 2.75) is 13.0 Å². The van der Waals surface area contributed by atoms with Gasteiger partial charge in [0, 0.05) is 17.8 Å². The monoisotopic (exact) mass is 485 g/mol. The van der Waals surface area contributed by atoms with E-state index >= 15 is 0 Å². The quantitative estimate of drug-likeness (QED) is 0.527. The van der Waals surface area contributed by atoms with Crippen LogP contribution in [0.25, 0.3) is 22.6 Å². The number of halogens is 2. The number of ether oxygens (including phenoxy) is 1. The lowest BCUT2D eigenvalue weighted by Gasteiger charge is -2.09. The highest BCUT2D eigenvalue weighted by Crippen LogP contribution is 2.30. The summed E-state index contributed by atoms with van der Waals surface area (Å²) in [7, 11) is 1.59. The summed E-state index contributed by atoms with van der Waals surface area (Å²) < 4.78 is 7.03. The molecule has 0 fully saturated rings. The third-order valence-corrected chi connectivity index (χ3v) is 5.96. The molecule has 1 aliphatic rings. The highest BCUT2D eigenvalue weighted by atomic mass is 35.5. The molecular weight excluding hydrogens is 469 g/mol. The molecule has 0 bridgehead atoms. The number of aromatic nitrogens is 2. The summed E-state index contributed by atoms with van der Waals surface area (Å²) in [4.78, 5) is 40.8. The fraction of sp³-hybridized carbons (Fsp3) is 0.130. The fourth-order valence-corrected chi connectivity index (χ4v) is 3.80. The van der Waals surface area contributed by atoms with E-state index in [-0.39, 0.29) is 11.2 Å². The number of hydrogen-bond donors (Lipinski definition) is 2. The van der Waals surface area contributed by atoms with Crippen molar-refractivity contribution in [3.8, 4) is 5.75 Å². The molecule has 0 saturated heterocycles. The molecule has 168 valence electrons. The Kier molecular flexibility index (Phi) is 6.22. The number of methoxy groups -OCH3 is 1. The van der Waals surface area contributed by atoms with Gasteiger partial charge in [-0.15, -0.1) is 0 Å². The maximum Gasteiger partial charge on any atom is 0.349 e. The molecule has 0 atom stereocenters. The fourth-order valence-electron chi connectivity index (χ4n) is 3.59. The number of carboxylic acid groups (broad SMARTS) is 1. The van der Waals surface area contributed by atoms with Gasteiger partial charge in [0.2, 0.25) is 0 Å². The molecule has 8 nitrogen and oxygen atoms in total. The molecule has 0 unspecified atom stereocenters. The number of anilines is 1. The first-order valence-corrected chi connectivity index (χ1v) is 10.5. The molecule has 1 aromatic heterocycles. The van der Waals surface area contributed by atoms with E-state index in [1.54, 1.807) is 17.7 Å². The van der Waals surface area contributed by atoms with Gasteiger partial charge in [0.25, 0.3) is 11.5 Å². The van der Waals surface area contributed by atoms with Crippen molar-refractivity contribution in [2.24, 2.45) is 0 Å². The van der Waals surface area contributed by atoms with Crippen LogP contribution >= 0.6 is 23.2 Å². The predicted molar refractivity (Wildman–Crippen MR) is 126 cm³/mol. The minimum Gasteiger partial charge on any atom is -0.496 e. The number of aliphatic carboxylic acids is 1. The van der Waals surface area contributed by atoms with Gasteiger partial charge in [-0.3, -0.25) is 14.2 Å². The summed E-state index contributed by atoms with van der Waals surface area (Å²) in [5.41, 5.74) is 2.22. The van der Waals surface area contributed by atoms with Crippen LogP contribution in [0.2, 0.25) is 0 Å². The van der Waals surface area contributed by atoms with Crippen molar-refractivity contribution in [3.05, 3.63) is 74.3 Å². The highest BCUT2D eigenvalue weighted by Gasteiger charge is 2.22. The lowest BCUT2D eigenvalue weighted by atomic mass is 10.1. The number of allylic oxidation sites excluding steroid dienone is 1. The molecule has 2 aromatic carbocycles. The van der Waals surface area contributed by atoms with Gasteiger partial charge in [-0.2, -0.15) is 0 Å². The Morgan fingerprint density at radius 3 is 2.67 bits per heavy atom. The van der Waals surface area contributed by atoms with E-state index in [1.807, 2.05) is 30.3 Å². The number of nitrogens with one attached hydrogen (secondary N) is 1. The van der Waals surface area contributed by atoms with Crippen LogP contribution in [0.5, 0.6) is 5.75 Å². The van der Waals surface area contributed by atoms with Crippen molar-refractivity contribution in [3.63, 3.8) is 0 Å². The van der Waals surface area contributed by atoms with Gasteiger partial charge in [-0.1, -0.05) is 41.4 Å². The van der Waals surface area contributed by atoms with Crippen molar-refractivity contribution in [1.82, 2.24) is 9.55 Å². The number of fused-ring (bicyclic) bond motifs is 2. The Bertz CT molecular complexity index is 1430. The van der Waals surface area contributed by atoms with Crippen molar-refractivity contribution < 1.29 is 19.4 Å². The lowest BCUT2D eigenvalue weighted by Crippen LogP contribution is -2.21. The van der Waals surface area contributed by atoms with Gasteiger partial charge in [0.1, 0.15) is 21.6 Å². The van der Waals surface area contributed by atoms with Gasteiger partial charge in [0.05, 0.1) is 18.0 Å². The van der Waals surface area contributed by atoms with Crippen LogP contribution in [-0.4, -0.2) is 33.6 Å². The van der Waals surface area contributed by atoms with E-state index in [2.05, 4.69) is 10.3 Å². The van der Waals surface area contributed by atoms with E-state index in [0.717, 1.165) is 11.1 Å². The second-order valence-electron chi connectivity index (χ2n) is 7.17. The van der Waals surface area contributed by atoms with Gasteiger partial charge in [-0.05, 0) is 42.3 Å². The Morgan fingerprint density at radius 2 is 1.94 bits per heavy atom. The molecule has 33 heavy (non-hydrogen) atoms. The molecule has 0 spiro atoms. The number of benzene rings is 2. The Balaban J connectivity index is 1.74. The Labute approximate surface area is 197 Å².